The Morgan fingerprint density at radius 2 is 2.17 bits per heavy atom. The lowest BCUT2D eigenvalue weighted by Crippen LogP contribution is -1.84. The highest BCUT2D eigenvalue weighted by molar-refractivity contribution is 5.81. The second kappa shape index (κ2) is 2.44. The summed E-state index contributed by atoms with van der Waals surface area (Å²) < 4.78 is 0. The molecule has 1 aromatic heterocycles. The fourth-order valence-corrected chi connectivity index (χ4v) is 1.19. The minimum atomic E-state index is -0.173. The lowest BCUT2D eigenvalue weighted by Gasteiger charge is -1.99. The number of fused-ring (bicyclic) bond motifs is 1. The number of rotatable bonds is 0. The van der Waals surface area contributed by atoms with E-state index in [1.54, 1.807) is 6.20 Å². The van der Waals surface area contributed by atoms with Crippen LogP contribution in [0.5, 0.6) is 6.01 Å². The number of benzene rings is 1. The molecule has 0 radical (unpaired) electrons. The first kappa shape index (κ1) is 7.03. The van der Waals surface area contributed by atoms with E-state index in [1.807, 2.05) is 25.1 Å². The molecular weight excluding hydrogens is 152 g/mol. The van der Waals surface area contributed by atoms with Gasteiger partial charge in [0.05, 0.1) is 5.52 Å². The third-order valence-electron chi connectivity index (χ3n) is 1.83. The molecule has 0 saturated heterocycles. The van der Waals surface area contributed by atoms with Crippen molar-refractivity contribution in [3.63, 3.8) is 0 Å². The number of aromatic hydroxyl groups is 1. The normalized spacial score (nSPS) is 10.4. The minimum Gasteiger partial charge on any atom is -0.479 e. The van der Waals surface area contributed by atoms with Gasteiger partial charge in [-0.25, -0.2) is 4.98 Å². The Balaban J connectivity index is 2.86. The predicted molar refractivity (Wildman–Crippen MR) is 45.9 cm³/mol. The van der Waals surface area contributed by atoms with Crippen molar-refractivity contribution in [3.8, 4) is 6.01 Å². The molecule has 0 amide bonds. The largest absolute Gasteiger partial charge is 0.479 e. The van der Waals surface area contributed by atoms with E-state index < -0.39 is 0 Å². The lowest BCUT2D eigenvalue weighted by molar-refractivity contribution is 0.433. The Bertz CT molecular complexity index is 426. The maximum absolute atomic E-state index is 9.00. The van der Waals surface area contributed by atoms with Crippen molar-refractivity contribution in [2.75, 3.05) is 0 Å². The summed E-state index contributed by atoms with van der Waals surface area (Å²) in [5.41, 5.74) is 1.90. The Morgan fingerprint density at radius 1 is 1.33 bits per heavy atom. The highest BCUT2D eigenvalue weighted by Crippen LogP contribution is 2.16. The van der Waals surface area contributed by atoms with Gasteiger partial charge in [-0.1, -0.05) is 12.1 Å². The van der Waals surface area contributed by atoms with Crippen LogP contribution in [0, 0.1) is 6.92 Å². The quantitative estimate of drug-likeness (QED) is 0.637. The summed E-state index contributed by atoms with van der Waals surface area (Å²) in [5.74, 6) is 0. The third kappa shape index (κ3) is 0.993. The average molecular weight is 160 g/mol. The van der Waals surface area contributed by atoms with Gasteiger partial charge >= 0.3 is 6.01 Å². The molecule has 60 valence electrons. The van der Waals surface area contributed by atoms with Gasteiger partial charge in [0, 0.05) is 11.6 Å². The zero-order valence-corrected chi connectivity index (χ0v) is 6.65. The van der Waals surface area contributed by atoms with Crippen LogP contribution in [0.4, 0.5) is 0 Å². The van der Waals surface area contributed by atoms with Gasteiger partial charge < -0.3 is 5.11 Å². The van der Waals surface area contributed by atoms with Crippen molar-refractivity contribution in [1.29, 1.82) is 0 Å². The fourth-order valence-electron chi connectivity index (χ4n) is 1.19. The summed E-state index contributed by atoms with van der Waals surface area (Å²) in [6.07, 6.45) is 1.63. The van der Waals surface area contributed by atoms with Crippen molar-refractivity contribution in [2.45, 2.75) is 6.92 Å². The molecule has 0 unspecified atom stereocenters. The van der Waals surface area contributed by atoms with Gasteiger partial charge in [0.15, 0.2) is 0 Å². The SMILES string of the molecule is Cc1cccc2nc(O)ncc12. The standard InChI is InChI=1S/C9H8N2O/c1-6-3-2-4-8-7(6)5-10-9(12)11-8/h2-5H,1H3,(H,10,11,12). The summed E-state index contributed by atoms with van der Waals surface area (Å²) in [5, 5.41) is 9.98. The van der Waals surface area contributed by atoms with Crippen molar-refractivity contribution < 1.29 is 5.11 Å². The summed E-state index contributed by atoms with van der Waals surface area (Å²) in [4.78, 5) is 7.59. The molecule has 1 aromatic carbocycles. The van der Waals surface area contributed by atoms with Gasteiger partial charge in [-0.2, -0.15) is 4.98 Å². The van der Waals surface area contributed by atoms with Crippen molar-refractivity contribution >= 4 is 10.9 Å². The van der Waals surface area contributed by atoms with Crippen LogP contribution in [-0.2, 0) is 0 Å². The number of nitrogens with zero attached hydrogens (tertiary/aromatic N) is 2. The molecule has 0 aliphatic carbocycles. The van der Waals surface area contributed by atoms with Crippen LogP contribution in [0.15, 0.2) is 24.4 Å². The number of aryl methyl sites for hydroxylation is 1. The first-order valence-electron chi connectivity index (χ1n) is 3.69. The molecule has 3 heteroatoms. The lowest BCUT2D eigenvalue weighted by atomic mass is 10.1. The molecule has 0 aliphatic rings. The van der Waals surface area contributed by atoms with Crippen LogP contribution in [0.2, 0.25) is 0 Å². The minimum absolute atomic E-state index is 0.173. The first-order valence-corrected chi connectivity index (χ1v) is 3.69. The smallest absolute Gasteiger partial charge is 0.314 e. The molecule has 3 nitrogen and oxygen atoms in total. The van der Waals surface area contributed by atoms with Gasteiger partial charge in [-0.15, -0.1) is 0 Å². The number of hydrogen-bond acceptors (Lipinski definition) is 3. The number of hydrogen-bond donors (Lipinski definition) is 1. The Kier molecular flexibility index (Phi) is 1.43. The molecule has 0 saturated carbocycles. The molecule has 0 bridgehead atoms. The van der Waals surface area contributed by atoms with Crippen LogP contribution in [0.25, 0.3) is 10.9 Å². The van der Waals surface area contributed by atoms with Gasteiger partial charge in [-0.05, 0) is 18.6 Å². The van der Waals surface area contributed by atoms with Crippen molar-refractivity contribution in [3.05, 3.63) is 30.0 Å². The van der Waals surface area contributed by atoms with Crippen LogP contribution >= 0.6 is 0 Å². The Labute approximate surface area is 69.7 Å². The zero-order chi connectivity index (χ0) is 8.55. The first-order chi connectivity index (χ1) is 5.77. The zero-order valence-electron chi connectivity index (χ0n) is 6.65. The van der Waals surface area contributed by atoms with E-state index in [4.69, 9.17) is 5.11 Å². The maximum atomic E-state index is 9.00. The van der Waals surface area contributed by atoms with E-state index >= 15 is 0 Å². The Hall–Kier alpha value is -1.64. The van der Waals surface area contributed by atoms with Crippen LogP contribution in [0.3, 0.4) is 0 Å². The Morgan fingerprint density at radius 3 is 3.00 bits per heavy atom. The highest BCUT2D eigenvalue weighted by Gasteiger charge is 1.98. The fraction of sp³-hybridized carbons (Fsp3) is 0.111. The van der Waals surface area contributed by atoms with E-state index in [1.165, 1.54) is 0 Å². The van der Waals surface area contributed by atoms with E-state index in [2.05, 4.69) is 9.97 Å². The second-order valence-electron chi connectivity index (χ2n) is 2.68. The van der Waals surface area contributed by atoms with Gasteiger partial charge in [-0.3, -0.25) is 0 Å². The van der Waals surface area contributed by atoms with Crippen LogP contribution in [-0.4, -0.2) is 15.1 Å². The van der Waals surface area contributed by atoms with Crippen molar-refractivity contribution in [1.82, 2.24) is 9.97 Å². The summed E-state index contributed by atoms with van der Waals surface area (Å²) in [7, 11) is 0. The maximum Gasteiger partial charge on any atom is 0.314 e. The van der Waals surface area contributed by atoms with Gasteiger partial charge in [0.2, 0.25) is 0 Å². The third-order valence-corrected chi connectivity index (χ3v) is 1.83. The van der Waals surface area contributed by atoms with Gasteiger partial charge in [0.25, 0.3) is 0 Å². The highest BCUT2D eigenvalue weighted by atomic mass is 16.3. The molecule has 1 N–H and O–H groups in total. The van der Waals surface area contributed by atoms with E-state index in [-0.39, 0.29) is 6.01 Å². The topological polar surface area (TPSA) is 46.0 Å². The molecule has 1 heterocycles. The van der Waals surface area contributed by atoms with E-state index in [0.717, 1.165) is 16.5 Å². The molecule has 2 aromatic rings. The second-order valence-corrected chi connectivity index (χ2v) is 2.68. The molecule has 0 fully saturated rings. The number of aromatic nitrogens is 2. The monoisotopic (exact) mass is 160 g/mol. The molecule has 0 spiro atoms. The van der Waals surface area contributed by atoms with E-state index in [0.29, 0.717) is 0 Å². The average Bonchev–Trinajstić information content (AvgIpc) is 2.04. The summed E-state index contributed by atoms with van der Waals surface area (Å²) >= 11 is 0. The molecule has 12 heavy (non-hydrogen) atoms. The van der Waals surface area contributed by atoms with Gasteiger partial charge in [0.1, 0.15) is 0 Å². The summed E-state index contributed by atoms with van der Waals surface area (Å²) in [6, 6.07) is 5.57. The van der Waals surface area contributed by atoms with Crippen LogP contribution in [0.1, 0.15) is 5.56 Å². The van der Waals surface area contributed by atoms with E-state index in [9.17, 15) is 0 Å². The predicted octanol–water partition coefficient (Wildman–Crippen LogP) is 1.64. The van der Waals surface area contributed by atoms with Crippen molar-refractivity contribution in [2.24, 2.45) is 0 Å². The molecule has 0 atom stereocenters. The molecule has 2 rings (SSSR count). The molecular formula is C9H8N2O. The van der Waals surface area contributed by atoms with Crippen LogP contribution < -0.4 is 0 Å². The molecule has 0 aliphatic heterocycles. The summed E-state index contributed by atoms with van der Waals surface area (Å²) in [6.45, 7) is 1.99.